The summed E-state index contributed by atoms with van der Waals surface area (Å²) in [4.78, 5) is 0. The number of aromatic hydroxyl groups is 1. The van der Waals surface area contributed by atoms with Gasteiger partial charge < -0.3 is 15.7 Å². The van der Waals surface area contributed by atoms with Crippen molar-refractivity contribution < 1.29 is 9.50 Å². The first-order valence-electron chi connectivity index (χ1n) is 8.27. The standard InChI is InChI=1S/C21H23FN2O/c1-13-5-10-20(25)18(11-13)14(2)23-16-6-8-17(9-7-16)24-15(3)19-12-21(19,4)22/h5-11,19,23-25H,2-3,12H2,1,4H3. The number of hydrogen-bond acceptors (Lipinski definition) is 3. The summed E-state index contributed by atoms with van der Waals surface area (Å²) in [6.07, 6.45) is 0.526. The van der Waals surface area contributed by atoms with Gasteiger partial charge in [-0.1, -0.05) is 24.8 Å². The van der Waals surface area contributed by atoms with Crippen molar-refractivity contribution >= 4 is 17.1 Å². The first-order chi connectivity index (χ1) is 11.8. The van der Waals surface area contributed by atoms with E-state index >= 15 is 0 Å². The van der Waals surface area contributed by atoms with Crippen molar-refractivity contribution in [1.82, 2.24) is 0 Å². The van der Waals surface area contributed by atoms with Crippen LogP contribution in [0.25, 0.3) is 5.70 Å². The van der Waals surface area contributed by atoms with E-state index in [1.807, 2.05) is 43.3 Å². The fourth-order valence-electron chi connectivity index (χ4n) is 2.87. The van der Waals surface area contributed by atoms with Crippen molar-refractivity contribution in [1.29, 1.82) is 0 Å². The third-order valence-corrected chi connectivity index (χ3v) is 4.55. The van der Waals surface area contributed by atoms with Crippen LogP contribution in [0, 0.1) is 12.8 Å². The summed E-state index contributed by atoms with van der Waals surface area (Å²) in [7, 11) is 0. The Morgan fingerprint density at radius 2 is 1.68 bits per heavy atom. The Morgan fingerprint density at radius 3 is 2.24 bits per heavy atom. The predicted octanol–water partition coefficient (Wildman–Crippen LogP) is 5.46. The Morgan fingerprint density at radius 1 is 1.12 bits per heavy atom. The van der Waals surface area contributed by atoms with Gasteiger partial charge in [-0.25, -0.2) is 4.39 Å². The highest BCUT2D eigenvalue weighted by atomic mass is 19.1. The van der Waals surface area contributed by atoms with Crippen LogP contribution in [-0.2, 0) is 0 Å². The number of rotatable bonds is 6. The zero-order valence-corrected chi connectivity index (χ0v) is 14.6. The number of hydrogen-bond donors (Lipinski definition) is 3. The van der Waals surface area contributed by atoms with Crippen molar-refractivity contribution in [2.24, 2.45) is 5.92 Å². The number of alkyl halides is 1. The largest absolute Gasteiger partial charge is 0.507 e. The molecule has 2 atom stereocenters. The van der Waals surface area contributed by atoms with Gasteiger partial charge >= 0.3 is 0 Å². The zero-order valence-electron chi connectivity index (χ0n) is 14.6. The van der Waals surface area contributed by atoms with Crippen LogP contribution in [0.3, 0.4) is 0 Å². The van der Waals surface area contributed by atoms with E-state index in [0.717, 1.165) is 16.9 Å². The molecule has 1 aliphatic rings. The van der Waals surface area contributed by atoms with E-state index in [0.29, 0.717) is 23.4 Å². The monoisotopic (exact) mass is 338 g/mol. The lowest BCUT2D eigenvalue weighted by molar-refractivity contribution is 0.320. The van der Waals surface area contributed by atoms with E-state index in [9.17, 15) is 9.50 Å². The van der Waals surface area contributed by atoms with E-state index < -0.39 is 5.67 Å². The Bertz CT molecular complexity index is 824. The number of nitrogens with one attached hydrogen (secondary N) is 2. The van der Waals surface area contributed by atoms with Crippen molar-refractivity contribution in [2.45, 2.75) is 25.9 Å². The lowest BCUT2D eigenvalue weighted by atomic mass is 10.1. The third kappa shape index (κ3) is 3.85. The first-order valence-corrected chi connectivity index (χ1v) is 8.27. The summed E-state index contributed by atoms with van der Waals surface area (Å²) in [5, 5.41) is 16.3. The molecule has 4 heteroatoms. The summed E-state index contributed by atoms with van der Waals surface area (Å²) in [6.45, 7) is 11.5. The highest BCUT2D eigenvalue weighted by molar-refractivity contribution is 5.79. The number of halogens is 1. The van der Waals surface area contributed by atoms with Crippen LogP contribution in [-0.4, -0.2) is 10.8 Å². The Kier molecular flexibility index (Phi) is 4.29. The highest BCUT2D eigenvalue weighted by Gasteiger charge is 2.52. The number of aryl methyl sites for hydroxylation is 1. The number of phenols is 1. The van der Waals surface area contributed by atoms with E-state index in [1.54, 1.807) is 13.0 Å². The molecule has 3 nitrogen and oxygen atoms in total. The van der Waals surface area contributed by atoms with Crippen LogP contribution < -0.4 is 10.6 Å². The molecule has 1 saturated carbocycles. The molecular weight excluding hydrogens is 315 g/mol. The maximum Gasteiger partial charge on any atom is 0.124 e. The maximum atomic E-state index is 13.7. The van der Waals surface area contributed by atoms with Gasteiger partial charge in [0.25, 0.3) is 0 Å². The average Bonchev–Trinajstić information content (AvgIpc) is 3.20. The van der Waals surface area contributed by atoms with Crippen LogP contribution in [0.1, 0.15) is 24.5 Å². The van der Waals surface area contributed by atoms with Crippen molar-refractivity contribution in [3.63, 3.8) is 0 Å². The minimum absolute atomic E-state index is 0.116. The van der Waals surface area contributed by atoms with Gasteiger partial charge in [0.05, 0.1) is 0 Å². The van der Waals surface area contributed by atoms with Crippen molar-refractivity contribution in [3.05, 3.63) is 72.4 Å². The van der Waals surface area contributed by atoms with E-state index in [-0.39, 0.29) is 11.7 Å². The van der Waals surface area contributed by atoms with Crippen molar-refractivity contribution in [3.8, 4) is 5.75 Å². The summed E-state index contributed by atoms with van der Waals surface area (Å²) < 4.78 is 13.7. The summed E-state index contributed by atoms with van der Waals surface area (Å²) in [5.41, 5.74) is 3.64. The molecule has 2 aromatic rings. The fourth-order valence-corrected chi connectivity index (χ4v) is 2.87. The molecule has 1 aliphatic carbocycles. The molecule has 25 heavy (non-hydrogen) atoms. The maximum absolute atomic E-state index is 13.7. The van der Waals surface area contributed by atoms with Gasteiger partial charge in [-0.15, -0.1) is 0 Å². The van der Waals surface area contributed by atoms with Crippen LogP contribution in [0.4, 0.5) is 15.8 Å². The lowest BCUT2D eigenvalue weighted by Gasteiger charge is -2.14. The van der Waals surface area contributed by atoms with Gasteiger partial charge in [0.15, 0.2) is 0 Å². The average molecular weight is 338 g/mol. The van der Waals surface area contributed by atoms with E-state index in [2.05, 4.69) is 23.8 Å². The smallest absolute Gasteiger partial charge is 0.124 e. The minimum Gasteiger partial charge on any atom is -0.507 e. The summed E-state index contributed by atoms with van der Waals surface area (Å²) >= 11 is 0. The Labute approximate surface area is 147 Å². The number of phenolic OH excluding ortho intramolecular Hbond substituents is 1. The summed E-state index contributed by atoms with van der Waals surface area (Å²) in [6, 6.07) is 13.0. The van der Waals surface area contributed by atoms with Crippen LogP contribution in [0.2, 0.25) is 0 Å². The molecule has 0 aromatic heterocycles. The van der Waals surface area contributed by atoms with Crippen LogP contribution in [0.15, 0.2) is 61.3 Å². The summed E-state index contributed by atoms with van der Waals surface area (Å²) in [5.74, 6) is 0.0748. The van der Waals surface area contributed by atoms with E-state index in [4.69, 9.17) is 0 Å². The van der Waals surface area contributed by atoms with Crippen molar-refractivity contribution in [2.75, 3.05) is 10.6 Å². The van der Waals surface area contributed by atoms with Crippen LogP contribution >= 0.6 is 0 Å². The highest BCUT2D eigenvalue weighted by Crippen LogP contribution is 2.50. The topological polar surface area (TPSA) is 44.3 Å². The molecule has 0 heterocycles. The zero-order chi connectivity index (χ0) is 18.2. The second kappa shape index (κ2) is 6.28. The van der Waals surface area contributed by atoms with E-state index in [1.165, 1.54) is 0 Å². The number of anilines is 2. The van der Waals surface area contributed by atoms with Gasteiger partial charge in [0.2, 0.25) is 0 Å². The number of benzene rings is 2. The number of allylic oxidation sites excluding steroid dienone is 1. The van der Waals surface area contributed by atoms with Crippen LogP contribution in [0.5, 0.6) is 5.75 Å². The second-order valence-electron chi connectivity index (χ2n) is 6.89. The SMILES string of the molecule is C=C(Nc1ccc(NC(=C)C2CC2(C)F)cc1)c1cc(C)ccc1O. The minimum atomic E-state index is -1.13. The molecule has 0 radical (unpaired) electrons. The second-order valence-corrected chi connectivity index (χ2v) is 6.89. The molecule has 0 spiro atoms. The van der Waals surface area contributed by atoms with Gasteiger partial charge in [-0.3, -0.25) is 0 Å². The molecule has 3 N–H and O–H groups in total. The molecule has 0 amide bonds. The predicted molar refractivity (Wildman–Crippen MR) is 102 cm³/mol. The first kappa shape index (κ1) is 17.1. The Hall–Kier alpha value is -2.75. The van der Waals surface area contributed by atoms with Gasteiger partial charge in [-0.2, -0.15) is 0 Å². The molecule has 0 saturated heterocycles. The molecule has 0 bridgehead atoms. The normalized spacial score (nSPS) is 21.5. The molecule has 1 fully saturated rings. The molecule has 3 rings (SSSR count). The molecule has 2 aromatic carbocycles. The van der Waals surface area contributed by atoms with Gasteiger partial charge in [-0.05, 0) is 56.7 Å². The van der Waals surface area contributed by atoms with Gasteiger partial charge in [0.1, 0.15) is 11.4 Å². The fraction of sp³-hybridized carbons (Fsp3) is 0.238. The Balaban J connectivity index is 1.63. The molecule has 130 valence electrons. The lowest BCUT2D eigenvalue weighted by Crippen LogP contribution is -2.06. The van der Waals surface area contributed by atoms with Gasteiger partial charge in [0, 0.05) is 34.3 Å². The third-order valence-electron chi connectivity index (χ3n) is 4.55. The molecule has 0 aliphatic heterocycles. The molecule has 2 unspecified atom stereocenters. The molecular formula is C21H23FN2O. The quantitative estimate of drug-likeness (QED) is 0.655.